The maximum Gasteiger partial charge on any atom is 0.0452 e. The lowest BCUT2D eigenvalue weighted by atomic mass is 9.93. The van der Waals surface area contributed by atoms with Crippen LogP contribution in [0.5, 0.6) is 0 Å². The highest BCUT2D eigenvalue weighted by atomic mass is 15.2. The quantitative estimate of drug-likeness (QED) is 0.842. The second-order valence-electron chi connectivity index (χ2n) is 5.83. The molecule has 0 bridgehead atoms. The predicted octanol–water partition coefficient (Wildman–Crippen LogP) is 3.60. The molecule has 19 heavy (non-hydrogen) atoms. The van der Waals surface area contributed by atoms with Gasteiger partial charge in [-0.05, 0) is 64.9 Å². The highest BCUT2D eigenvalue weighted by Crippen LogP contribution is 2.24. The number of nitrogens with zero attached hydrogens (tertiary/aromatic N) is 1. The van der Waals surface area contributed by atoms with Gasteiger partial charge in [-0.3, -0.25) is 4.90 Å². The van der Waals surface area contributed by atoms with Crippen LogP contribution in [0.25, 0.3) is 0 Å². The first-order valence-electron chi connectivity index (χ1n) is 7.39. The van der Waals surface area contributed by atoms with Crippen molar-refractivity contribution in [2.75, 3.05) is 20.1 Å². The molecular weight excluding hydrogens is 232 g/mol. The zero-order valence-electron chi connectivity index (χ0n) is 13.7. The van der Waals surface area contributed by atoms with Gasteiger partial charge in [0.2, 0.25) is 0 Å². The lowest BCUT2D eigenvalue weighted by Gasteiger charge is -2.31. The van der Waals surface area contributed by atoms with Crippen LogP contribution in [0.2, 0.25) is 0 Å². The van der Waals surface area contributed by atoms with Gasteiger partial charge in [-0.1, -0.05) is 24.6 Å². The SMILES string of the molecule is CCN(CC(NC)c1c(C)cc(C)cc1C)C(C)C. The minimum absolute atomic E-state index is 0.406. The van der Waals surface area contributed by atoms with E-state index in [1.54, 1.807) is 0 Å². The highest BCUT2D eigenvalue weighted by Gasteiger charge is 2.19. The first-order chi connectivity index (χ1) is 8.90. The molecule has 0 aliphatic heterocycles. The molecule has 0 aliphatic carbocycles. The molecule has 1 aromatic rings. The summed E-state index contributed by atoms with van der Waals surface area (Å²) in [6.45, 7) is 15.6. The maximum absolute atomic E-state index is 3.50. The van der Waals surface area contributed by atoms with Crippen LogP contribution in [0.3, 0.4) is 0 Å². The first-order valence-corrected chi connectivity index (χ1v) is 7.39. The first kappa shape index (κ1) is 16.2. The average molecular weight is 262 g/mol. The van der Waals surface area contributed by atoms with Crippen LogP contribution in [0.15, 0.2) is 12.1 Å². The molecule has 0 spiro atoms. The molecule has 1 aromatic carbocycles. The number of likely N-dealkylation sites (N-methyl/N-ethyl adjacent to an activating group) is 2. The molecule has 2 nitrogen and oxygen atoms in total. The molecule has 2 heteroatoms. The van der Waals surface area contributed by atoms with Crippen molar-refractivity contribution < 1.29 is 0 Å². The Kier molecular flexibility index (Phi) is 6.02. The van der Waals surface area contributed by atoms with Gasteiger partial charge in [0.15, 0.2) is 0 Å². The Morgan fingerprint density at radius 1 is 1.11 bits per heavy atom. The van der Waals surface area contributed by atoms with Gasteiger partial charge in [-0.2, -0.15) is 0 Å². The minimum atomic E-state index is 0.406. The van der Waals surface area contributed by atoms with E-state index in [0.717, 1.165) is 13.1 Å². The fourth-order valence-electron chi connectivity index (χ4n) is 3.01. The molecule has 0 amide bonds. The van der Waals surface area contributed by atoms with Crippen molar-refractivity contribution in [3.63, 3.8) is 0 Å². The minimum Gasteiger partial charge on any atom is -0.312 e. The third kappa shape index (κ3) is 4.05. The summed E-state index contributed by atoms with van der Waals surface area (Å²) in [6.07, 6.45) is 0. The Morgan fingerprint density at radius 3 is 2.00 bits per heavy atom. The zero-order chi connectivity index (χ0) is 14.6. The summed E-state index contributed by atoms with van der Waals surface area (Å²) in [5, 5.41) is 3.50. The van der Waals surface area contributed by atoms with Crippen LogP contribution in [0, 0.1) is 20.8 Å². The van der Waals surface area contributed by atoms with Crippen molar-refractivity contribution >= 4 is 0 Å². The molecule has 108 valence electrons. The van der Waals surface area contributed by atoms with Crippen LogP contribution in [0.4, 0.5) is 0 Å². The summed E-state index contributed by atoms with van der Waals surface area (Å²) < 4.78 is 0. The second kappa shape index (κ2) is 7.06. The Balaban J connectivity index is 3.04. The van der Waals surface area contributed by atoms with Crippen LogP contribution in [-0.4, -0.2) is 31.1 Å². The Bertz CT molecular complexity index is 387. The van der Waals surface area contributed by atoms with E-state index < -0.39 is 0 Å². The molecule has 0 aromatic heterocycles. The molecule has 1 atom stereocenters. The van der Waals surface area contributed by atoms with Gasteiger partial charge in [-0.25, -0.2) is 0 Å². The van der Waals surface area contributed by atoms with Crippen molar-refractivity contribution in [3.8, 4) is 0 Å². The van der Waals surface area contributed by atoms with E-state index in [2.05, 4.69) is 70.9 Å². The molecule has 0 heterocycles. The zero-order valence-corrected chi connectivity index (χ0v) is 13.7. The molecule has 1 unspecified atom stereocenters. The van der Waals surface area contributed by atoms with Crippen LogP contribution < -0.4 is 5.32 Å². The number of benzene rings is 1. The van der Waals surface area contributed by atoms with Crippen molar-refractivity contribution in [2.24, 2.45) is 0 Å². The topological polar surface area (TPSA) is 15.3 Å². The molecule has 0 aliphatic rings. The summed E-state index contributed by atoms with van der Waals surface area (Å²) in [4.78, 5) is 2.51. The van der Waals surface area contributed by atoms with Gasteiger partial charge in [0, 0.05) is 18.6 Å². The van der Waals surface area contributed by atoms with Crippen molar-refractivity contribution in [2.45, 2.75) is 53.6 Å². The smallest absolute Gasteiger partial charge is 0.0452 e. The van der Waals surface area contributed by atoms with Gasteiger partial charge in [-0.15, -0.1) is 0 Å². The molecule has 0 fully saturated rings. The molecular formula is C17H30N2. The Hall–Kier alpha value is -0.860. The van der Waals surface area contributed by atoms with E-state index in [4.69, 9.17) is 0 Å². The van der Waals surface area contributed by atoms with E-state index in [1.807, 2.05) is 0 Å². The highest BCUT2D eigenvalue weighted by molar-refractivity contribution is 5.39. The van der Waals surface area contributed by atoms with Crippen LogP contribution in [-0.2, 0) is 0 Å². The number of hydrogen-bond acceptors (Lipinski definition) is 2. The molecule has 1 N–H and O–H groups in total. The van der Waals surface area contributed by atoms with Gasteiger partial charge in [0.1, 0.15) is 0 Å². The van der Waals surface area contributed by atoms with E-state index in [-0.39, 0.29) is 0 Å². The summed E-state index contributed by atoms with van der Waals surface area (Å²) >= 11 is 0. The van der Waals surface area contributed by atoms with Crippen molar-refractivity contribution in [3.05, 3.63) is 34.4 Å². The van der Waals surface area contributed by atoms with E-state index in [1.165, 1.54) is 22.3 Å². The van der Waals surface area contributed by atoms with Gasteiger partial charge in [0.05, 0.1) is 0 Å². The van der Waals surface area contributed by atoms with Crippen LogP contribution in [0.1, 0.15) is 49.1 Å². The van der Waals surface area contributed by atoms with Crippen molar-refractivity contribution in [1.82, 2.24) is 10.2 Å². The number of aryl methyl sites for hydroxylation is 3. The van der Waals surface area contributed by atoms with E-state index in [9.17, 15) is 0 Å². The third-order valence-corrected chi connectivity index (χ3v) is 3.99. The van der Waals surface area contributed by atoms with Gasteiger partial charge in [0.25, 0.3) is 0 Å². The fraction of sp³-hybridized carbons (Fsp3) is 0.647. The molecule has 1 rings (SSSR count). The van der Waals surface area contributed by atoms with Gasteiger partial charge < -0.3 is 5.32 Å². The lowest BCUT2D eigenvalue weighted by molar-refractivity contribution is 0.210. The normalized spacial score (nSPS) is 13.3. The van der Waals surface area contributed by atoms with Gasteiger partial charge >= 0.3 is 0 Å². The lowest BCUT2D eigenvalue weighted by Crippen LogP contribution is -2.38. The van der Waals surface area contributed by atoms with E-state index in [0.29, 0.717) is 12.1 Å². The summed E-state index contributed by atoms with van der Waals surface area (Å²) in [6, 6.07) is 5.58. The Morgan fingerprint density at radius 2 is 1.63 bits per heavy atom. The predicted molar refractivity (Wildman–Crippen MR) is 84.8 cm³/mol. The standard InChI is InChI=1S/C17H30N2/c1-8-19(12(2)3)11-16(18-7)17-14(5)9-13(4)10-15(17)6/h9-10,12,16,18H,8,11H2,1-7H3. The summed E-state index contributed by atoms with van der Waals surface area (Å²) in [5.74, 6) is 0. The average Bonchev–Trinajstić information content (AvgIpc) is 2.31. The fourth-order valence-corrected chi connectivity index (χ4v) is 3.01. The van der Waals surface area contributed by atoms with Crippen molar-refractivity contribution in [1.29, 1.82) is 0 Å². The monoisotopic (exact) mass is 262 g/mol. The second-order valence-corrected chi connectivity index (χ2v) is 5.83. The third-order valence-electron chi connectivity index (χ3n) is 3.99. The number of rotatable bonds is 6. The summed E-state index contributed by atoms with van der Waals surface area (Å²) in [7, 11) is 2.07. The Labute approximate surface area is 119 Å². The summed E-state index contributed by atoms with van der Waals surface area (Å²) in [5.41, 5.74) is 5.62. The molecule has 0 saturated heterocycles. The van der Waals surface area contributed by atoms with Crippen LogP contribution >= 0.6 is 0 Å². The molecule has 0 saturated carbocycles. The largest absolute Gasteiger partial charge is 0.312 e. The number of nitrogens with one attached hydrogen (secondary N) is 1. The maximum atomic E-state index is 3.50. The number of hydrogen-bond donors (Lipinski definition) is 1. The molecule has 0 radical (unpaired) electrons. The van der Waals surface area contributed by atoms with E-state index >= 15 is 0 Å².